The molecule has 1 atom stereocenters. The third kappa shape index (κ3) is 3.20. The summed E-state index contributed by atoms with van der Waals surface area (Å²) in [5, 5.41) is 0. The number of amides is 1. The van der Waals surface area contributed by atoms with E-state index >= 15 is 0 Å². The zero-order valence-corrected chi connectivity index (χ0v) is 13.5. The summed E-state index contributed by atoms with van der Waals surface area (Å²) in [5.74, 6) is -0.741. The van der Waals surface area contributed by atoms with Crippen molar-refractivity contribution in [2.75, 3.05) is 26.7 Å². The second-order valence-corrected chi connectivity index (χ2v) is 6.07. The van der Waals surface area contributed by atoms with E-state index in [2.05, 4.69) is 27.8 Å². The van der Waals surface area contributed by atoms with Crippen LogP contribution < -0.4 is 0 Å². The Morgan fingerprint density at radius 3 is 3.00 bits per heavy atom. The molecule has 1 unspecified atom stereocenters. The molecular weight excluding hydrogens is 323 g/mol. The molecule has 0 radical (unpaired) electrons. The van der Waals surface area contributed by atoms with Crippen molar-refractivity contribution < 1.29 is 9.18 Å². The Bertz CT molecular complexity index is 495. The summed E-state index contributed by atoms with van der Waals surface area (Å²) in [6, 6.07) is 5.21. The summed E-state index contributed by atoms with van der Waals surface area (Å²) in [5.41, 5.74) is 0.128. The Hall–Kier alpha value is -0.940. The molecule has 0 N–H and O–H groups in total. The fraction of sp³-hybridized carbons (Fsp3) is 0.533. The second-order valence-electron chi connectivity index (χ2n) is 5.21. The molecule has 1 aromatic rings. The molecule has 0 aliphatic carbocycles. The minimum absolute atomic E-state index is 0.128. The van der Waals surface area contributed by atoms with Gasteiger partial charge in [-0.2, -0.15) is 0 Å². The van der Waals surface area contributed by atoms with Crippen LogP contribution in [0.5, 0.6) is 0 Å². The highest BCUT2D eigenvalue weighted by atomic mass is 79.9. The van der Waals surface area contributed by atoms with Crippen LogP contribution >= 0.6 is 15.9 Å². The standard InChI is InChI=1S/C15H20BrFN2O/c1-3-19-9-5-6-11(19)10-18(2)15(20)12-7-4-8-13(16)14(12)17/h4,7-8,11H,3,5-6,9-10H2,1-2H3. The van der Waals surface area contributed by atoms with E-state index in [0.29, 0.717) is 17.1 Å². The van der Waals surface area contributed by atoms with E-state index in [1.807, 2.05) is 0 Å². The molecule has 1 aliphatic rings. The van der Waals surface area contributed by atoms with Crippen molar-refractivity contribution in [2.45, 2.75) is 25.8 Å². The lowest BCUT2D eigenvalue weighted by Crippen LogP contribution is -2.41. The Morgan fingerprint density at radius 2 is 2.30 bits per heavy atom. The lowest BCUT2D eigenvalue weighted by Gasteiger charge is -2.28. The number of hydrogen-bond acceptors (Lipinski definition) is 2. The summed E-state index contributed by atoms with van der Waals surface area (Å²) < 4.78 is 14.3. The quantitative estimate of drug-likeness (QED) is 0.839. The van der Waals surface area contributed by atoms with Crippen molar-refractivity contribution in [2.24, 2.45) is 0 Å². The molecule has 0 saturated carbocycles. The van der Waals surface area contributed by atoms with Gasteiger partial charge in [0.25, 0.3) is 5.91 Å². The fourth-order valence-corrected chi connectivity index (χ4v) is 3.16. The number of halogens is 2. The van der Waals surface area contributed by atoms with Crippen LogP contribution in [-0.4, -0.2) is 48.4 Å². The SMILES string of the molecule is CCN1CCCC1CN(C)C(=O)c1cccc(Br)c1F. The number of rotatable bonds is 4. The van der Waals surface area contributed by atoms with Crippen LogP contribution in [0.1, 0.15) is 30.1 Å². The Labute approximate surface area is 127 Å². The molecule has 0 spiro atoms. The van der Waals surface area contributed by atoms with E-state index in [-0.39, 0.29) is 11.5 Å². The Balaban J connectivity index is 2.07. The van der Waals surface area contributed by atoms with Crippen molar-refractivity contribution in [3.05, 3.63) is 34.1 Å². The molecule has 1 aliphatic heterocycles. The zero-order chi connectivity index (χ0) is 14.7. The second kappa shape index (κ2) is 6.68. The third-order valence-electron chi connectivity index (χ3n) is 3.92. The molecular formula is C15H20BrFN2O. The molecule has 3 nitrogen and oxygen atoms in total. The molecule has 1 heterocycles. The predicted molar refractivity (Wildman–Crippen MR) is 81.3 cm³/mol. The fourth-order valence-electron chi connectivity index (χ4n) is 2.79. The van der Waals surface area contributed by atoms with Gasteiger partial charge in [-0.05, 0) is 54.0 Å². The summed E-state index contributed by atoms with van der Waals surface area (Å²) in [4.78, 5) is 16.4. The lowest BCUT2D eigenvalue weighted by molar-refractivity contribution is 0.0750. The highest BCUT2D eigenvalue weighted by Gasteiger charge is 2.26. The smallest absolute Gasteiger partial charge is 0.256 e. The van der Waals surface area contributed by atoms with Crippen LogP contribution in [-0.2, 0) is 0 Å². The van der Waals surface area contributed by atoms with Crippen molar-refractivity contribution in [1.29, 1.82) is 0 Å². The van der Waals surface area contributed by atoms with Gasteiger partial charge >= 0.3 is 0 Å². The van der Waals surface area contributed by atoms with Crippen LogP contribution in [0.25, 0.3) is 0 Å². The first-order valence-electron chi connectivity index (χ1n) is 6.98. The van der Waals surface area contributed by atoms with Crippen molar-refractivity contribution in [1.82, 2.24) is 9.80 Å². The summed E-state index contributed by atoms with van der Waals surface area (Å²) in [6.07, 6.45) is 2.28. The first-order chi connectivity index (χ1) is 9.54. The van der Waals surface area contributed by atoms with E-state index in [9.17, 15) is 9.18 Å². The number of hydrogen-bond donors (Lipinski definition) is 0. The van der Waals surface area contributed by atoms with Gasteiger partial charge in [-0.3, -0.25) is 9.69 Å². The summed E-state index contributed by atoms with van der Waals surface area (Å²) in [6.45, 7) is 4.87. The van der Waals surface area contributed by atoms with Gasteiger partial charge in [-0.15, -0.1) is 0 Å². The number of likely N-dealkylation sites (N-methyl/N-ethyl adjacent to an activating group) is 2. The van der Waals surface area contributed by atoms with Crippen molar-refractivity contribution in [3.8, 4) is 0 Å². The summed E-state index contributed by atoms with van der Waals surface area (Å²) >= 11 is 3.12. The number of likely N-dealkylation sites (tertiary alicyclic amines) is 1. The molecule has 2 rings (SSSR count). The number of nitrogens with zero attached hydrogens (tertiary/aromatic N) is 2. The van der Waals surface area contributed by atoms with Gasteiger partial charge < -0.3 is 4.90 Å². The first kappa shape index (κ1) is 15.4. The predicted octanol–water partition coefficient (Wildman–Crippen LogP) is 3.14. The van der Waals surface area contributed by atoms with Gasteiger partial charge in [0.2, 0.25) is 0 Å². The van der Waals surface area contributed by atoms with Crippen molar-refractivity contribution in [3.63, 3.8) is 0 Å². The zero-order valence-electron chi connectivity index (χ0n) is 11.9. The minimum Gasteiger partial charge on any atom is -0.340 e. The Kier molecular flexibility index (Phi) is 5.16. The molecule has 1 aromatic carbocycles. The molecule has 0 aromatic heterocycles. The molecule has 5 heteroatoms. The average Bonchev–Trinajstić information content (AvgIpc) is 2.88. The Morgan fingerprint density at radius 1 is 1.55 bits per heavy atom. The van der Waals surface area contributed by atoms with Crippen LogP contribution in [0.2, 0.25) is 0 Å². The van der Waals surface area contributed by atoms with E-state index in [4.69, 9.17) is 0 Å². The van der Waals surface area contributed by atoms with Gasteiger partial charge in [-0.25, -0.2) is 4.39 Å². The minimum atomic E-state index is -0.483. The maximum Gasteiger partial charge on any atom is 0.256 e. The highest BCUT2D eigenvalue weighted by molar-refractivity contribution is 9.10. The average molecular weight is 343 g/mol. The molecule has 0 bridgehead atoms. The largest absolute Gasteiger partial charge is 0.340 e. The van der Waals surface area contributed by atoms with Gasteiger partial charge in [-0.1, -0.05) is 13.0 Å². The highest BCUT2D eigenvalue weighted by Crippen LogP contribution is 2.21. The van der Waals surface area contributed by atoms with E-state index in [1.54, 1.807) is 24.1 Å². The maximum absolute atomic E-state index is 14.0. The molecule has 1 fully saturated rings. The lowest BCUT2D eigenvalue weighted by atomic mass is 10.1. The van der Waals surface area contributed by atoms with Crippen LogP contribution in [0.15, 0.2) is 22.7 Å². The molecule has 1 saturated heterocycles. The van der Waals surface area contributed by atoms with E-state index in [1.165, 1.54) is 12.5 Å². The molecule has 1 amide bonds. The van der Waals surface area contributed by atoms with E-state index < -0.39 is 5.82 Å². The monoisotopic (exact) mass is 342 g/mol. The van der Waals surface area contributed by atoms with Gasteiger partial charge in [0, 0.05) is 19.6 Å². The number of carbonyl (C=O) groups excluding carboxylic acids is 1. The maximum atomic E-state index is 14.0. The molecule has 20 heavy (non-hydrogen) atoms. The van der Waals surface area contributed by atoms with Gasteiger partial charge in [0.15, 0.2) is 0 Å². The molecule has 110 valence electrons. The van der Waals surface area contributed by atoms with Crippen LogP contribution in [0, 0.1) is 5.82 Å². The third-order valence-corrected chi connectivity index (χ3v) is 4.53. The number of carbonyl (C=O) groups is 1. The topological polar surface area (TPSA) is 23.6 Å². The van der Waals surface area contributed by atoms with Crippen LogP contribution in [0.3, 0.4) is 0 Å². The first-order valence-corrected chi connectivity index (χ1v) is 7.77. The van der Waals surface area contributed by atoms with E-state index in [0.717, 1.165) is 19.5 Å². The normalized spacial score (nSPS) is 19.3. The van der Waals surface area contributed by atoms with Gasteiger partial charge in [0.05, 0.1) is 10.0 Å². The summed E-state index contributed by atoms with van der Waals surface area (Å²) in [7, 11) is 1.74. The van der Waals surface area contributed by atoms with Crippen LogP contribution in [0.4, 0.5) is 4.39 Å². The van der Waals surface area contributed by atoms with Crippen molar-refractivity contribution >= 4 is 21.8 Å². The van der Waals surface area contributed by atoms with Gasteiger partial charge in [0.1, 0.15) is 5.82 Å². The number of benzene rings is 1.